The van der Waals surface area contributed by atoms with Gasteiger partial charge in [-0.15, -0.1) is 11.3 Å². The highest BCUT2D eigenvalue weighted by Gasteiger charge is 2.02. The molecular weight excluding hydrogens is 242 g/mol. The molecule has 0 unspecified atom stereocenters. The summed E-state index contributed by atoms with van der Waals surface area (Å²) < 4.78 is 7.02. The fraction of sp³-hybridized carbons (Fsp3) is 0.467. The van der Waals surface area contributed by atoms with Crippen LogP contribution in [0.25, 0.3) is 10.1 Å². The van der Waals surface area contributed by atoms with Crippen molar-refractivity contribution >= 4 is 21.4 Å². The lowest BCUT2D eigenvalue weighted by Crippen LogP contribution is -2.26. The Bertz CT molecular complexity index is 478. The van der Waals surface area contributed by atoms with E-state index in [9.17, 15) is 0 Å². The van der Waals surface area contributed by atoms with E-state index in [-0.39, 0.29) is 0 Å². The van der Waals surface area contributed by atoms with Crippen LogP contribution in [-0.2, 0) is 11.2 Å². The fourth-order valence-corrected chi connectivity index (χ4v) is 2.93. The van der Waals surface area contributed by atoms with Crippen molar-refractivity contribution in [1.82, 2.24) is 5.32 Å². The van der Waals surface area contributed by atoms with Gasteiger partial charge in [0.15, 0.2) is 0 Å². The van der Waals surface area contributed by atoms with Gasteiger partial charge in [-0.05, 0) is 28.8 Å². The maximum atomic E-state index is 5.65. The molecule has 2 rings (SSSR count). The minimum absolute atomic E-state index is 0.536. The number of benzene rings is 1. The Kier molecular flexibility index (Phi) is 5.17. The lowest BCUT2D eigenvalue weighted by atomic mass is 10.1. The van der Waals surface area contributed by atoms with Crippen LogP contribution in [0.3, 0.4) is 0 Å². The molecule has 18 heavy (non-hydrogen) atoms. The van der Waals surface area contributed by atoms with Crippen LogP contribution in [0.5, 0.6) is 0 Å². The van der Waals surface area contributed by atoms with Crippen molar-refractivity contribution in [2.24, 2.45) is 0 Å². The topological polar surface area (TPSA) is 21.3 Å². The van der Waals surface area contributed by atoms with Gasteiger partial charge in [-0.3, -0.25) is 0 Å². The third kappa shape index (κ3) is 3.80. The van der Waals surface area contributed by atoms with E-state index in [4.69, 9.17) is 4.74 Å². The molecule has 0 amide bonds. The second kappa shape index (κ2) is 6.88. The number of hydrogen-bond donors (Lipinski definition) is 1. The lowest BCUT2D eigenvalue weighted by Gasteiger charge is -2.08. The first-order chi connectivity index (χ1) is 8.77. The van der Waals surface area contributed by atoms with E-state index in [1.807, 2.05) is 11.3 Å². The summed E-state index contributed by atoms with van der Waals surface area (Å²) in [7, 11) is 0. The second-order valence-electron chi connectivity index (χ2n) is 4.73. The largest absolute Gasteiger partial charge is 0.380 e. The van der Waals surface area contributed by atoms with E-state index < -0.39 is 0 Å². The molecule has 0 saturated carbocycles. The molecule has 0 fully saturated rings. The average Bonchev–Trinajstić information content (AvgIpc) is 2.77. The van der Waals surface area contributed by atoms with E-state index in [1.54, 1.807) is 0 Å². The van der Waals surface area contributed by atoms with Crippen LogP contribution >= 0.6 is 11.3 Å². The zero-order valence-electron chi connectivity index (χ0n) is 11.1. The maximum absolute atomic E-state index is 5.65. The van der Waals surface area contributed by atoms with Gasteiger partial charge in [0.05, 0.1) is 13.2 Å². The summed E-state index contributed by atoms with van der Waals surface area (Å²) in [6.07, 6.45) is 1.01. The van der Waals surface area contributed by atoms with Crippen molar-refractivity contribution < 1.29 is 4.74 Å². The van der Waals surface area contributed by atoms with Gasteiger partial charge in [0.25, 0.3) is 0 Å². The third-order valence-electron chi connectivity index (χ3n) is 2.88. The van der Waals surface area contributed by atoms with Gasteiger partial charge < -0.3 is 10.1 Å². The molecular formula is C15H21NOS. The molecule has 0 aliphatic heterocycles. The number of hydrogen-bond acceptors (Lipinski definition) is 3. The molecule has 1 aromatic carbocycles. The summed E-state index contributed by atoms with van der Waals surface area (Å²) in [6.45, 7) is 6.83. The Morgan fingerprint density at radius 1 is 1.22 bits per heavy atom. The quantitative estimate of drug-likeness (QED) is 0.772. The minimum atomic E-state index is 0.536. The molecule has 0 aliphatic carbocycles. The Morgan fingerprint density at radius 2 is 2.06 bits per heavy atom. The fourth-order valence-electron chi connectivity index (χ4n) is 1.93. The summed E-state index contributed by atoms with van der Waals surface area (Å²) in [5, 5.41) is 6.98. The first kappa shape index (κ1) is 13.5. The molecule has 1 heterocycles. The Labute approximate surface area is 113 Å². The van der Waals surface area contributed by atoms with Crippen LogP contribution in [0.1, 0.15) is 19.4 Å². The van der Waals surface area contributed by atoms with Gasteiger partial charge in [-0.2, -0.15) is 0 Å². The molecule has 1 N–H and O–H groups in total. The first-order valence-electron chi connectivity index (χ1n) is 6.53. The van der Waals surface area contributed by atoms with E-state index in [0.717, 1.165) is 26.2 Å². The third-order valence-corrected chi connectivity index (χ3v) is 3.89. The molecule has 0 radical (unpaired) electrons. The predicted molar refractivity (Wildman–Crippen MR) is 79.5 cm³/mol. The maximum Gasteiger partial charge on any atom is 0.0591 e. The minimum Gasteiger partial charge on any atom is -0.380 e. The van der Waals surface area contributed by atoms with E-state index in [2.05, 4.69) is 48.8 Å². The van der Waals surface area contributed by atoms with Crippen LogP contribution < -0.4 is 5.32 Å². The molecule has 98 valence electrons. The molecule has 0 aliphatic rings. The predicted octanol–water partition coefficient (Wildman–Crippen LogP) is 3.46. The summed E-state index contributed by atoms with van der Waals surface area (Å²) >= 11 is 1.82. The van der Waals surface area contributed by atoms with Crippen molar-refractivity contribution in [3.05, 3.63) is 35.2 Å². The van der Waals surface area contributed by atoms with Crippen molar-refractivity contribution in [2.45, 2.75) is 26.3 Å². The molecule has 0 atom stereocenters. The zero-order valence-corrected chi connectivity index (χ0v) is 11.9. The Hall–Kier alpha value is -0.900. The van der Waals surface area contributed by atoms with Crippen LogP contribution in [0, 0.1) is 0 Å². The summed E-state index contributed by atoms with van der Waals surface area (Å²) in [5.41, 5.74) is 1.41. The Morgan fingerprint density at radius 3 is 2.89 bits per heavy atom. The number of rotatable bonds is 7. The average molecular weight is 263 g/mol. The molecule has 2 aromatic rings. The van der Waals surface area contributed by atoms with Crippen molar-refractivity contribution in [2.75, 3.05) is 19.8 Å². The first-order valence-corrected chi connectivity index (χ1v) is 7.41. The summed E-state index contributed by atoms with van der Waals surface area (Å²) in [5.74, 6) is 0. The lowest BCUT2D eigenvalue weighted by molar-refractivity contribution is 0.138. The van der Waals surface area contributed by atoms with Crippen LogP contribution in [-0.4, -0.2) is 25.8 Å². The molecule has 2 nitrogen and oxygen atoms in total. The van der Waals surface area contributed by atoms with Crippen LogP contribution in [0.2, 0.25) is 0 Å². The standard InChI is InChI=1S/C15H21NOS/c1-12(2)16-8-10-17-9-7-13-11-18-15-6-4-3-5-14(13)15/h3-6,11-12,16H,7-10H2,1-2H3. The highest BCUT2D eigenvalue weighted by atomic mass is 32.1. The van der Waals surface area contributed by atoms with E-state index >= 15 is 0 Å². The summed E-state index contributed by atoms with van der Waals surface area (Å²) in [4.78, 5) is 0. The smallest absolute Gasteiger partial charge is 0.0591 e. The summed E-state index contributed by atoms with van der Waals surface area (Å²) in [6, 6.07) is 9.11. The van der Waals surface area contributed by atoms with Crippen LogP contribution in [0.4, 0.5) is 0 Å². The van der Waals surface area contributed by atoms with Crippen molar-refractivity contribution in [1.29, 1.82) is 0 Å². The van der Waals surface area contributed by atoms with E-state index in [0.29, 0.717) is 6.04 Å². The number of ether oxygens (including phenoxy) is 1. The van der Waals surface area contributed by atoms with Gasteiger partial charge in [0, 0.05) is 17.3 Å². The van der Waals surface area contributed by atoms with Gasteiger partial charge in [-0.1, -0.05) is 32.0 Å². The van der Waals surface area contributed by atoms with Crippen molar-refractivity contribution in [3.8, 4) is 0 Å². The van der Waals surface area contributed by atoms with E-state index in [1.165, 1.54) is 15.6 Å². The monoisotopic (exact) mass is 263 g/mol. The van der Waals surface area contributed by atoms with Gasteiger partial charge in [0.2, 0.25) is 0 Å². The van der Waals surface area contributed by atoms with Crippen LogP contribution in [0.15, 0.2) is 29.6 Å². The molecule has 0 saturated heterocycles. The second-order valence-corrected chi connectivity index (χ2v) is 5.64. The van der Waals surface area contributed by atoms with Gasteiger partial charge >= 0.3 is 0 Å². The van der Waals surface area contributed by atoms with Crippen molar-refractivity contribution in [3.63, 3.8) is 0 Å². The normalized spacial score (nSPS) is 11.5. The molecule has 3 heteroatoms. The highest BCUT2D eigenvalue weighted by molar-refractivity contribution is 7.17. The number of thiophene rings is 1. The van der Waals surface area contributed by atoms with Gasteiger partial charge in [0.1, 0.15) is 0 Å². The molecule has 0 bridgehead atoms. The Balaban J connectivity index is 1.74. The molecule has 1 aromatic heterocycles. The SMILES string of the molecule is CC(C)NCCOCCc1csc2ccccc12. The van der Waals surface area contributed by atoms with Gasteiger partial charge in [-0.25, -0.2) is 0 Å². The zero-order chi connectivity index (χ0) is 12.8. The number of fused-ring (bicyclic) bond motifs is 1. The molecule has 0 spiro atoms. The highest BCUT2D eigenvalue weighted by Crippen LogP contribution is 2.25. The number of nitrogens with one attached hydrogen (secondary N) is 1.